The molecule has 1 N–H and O–H groups in total. The Balaban J connectivity index is 1.67. The minimum Gasteiger partial charge on any atom is -0.353 e. The number of likely N-dealkylation sites (tertiary alicyclic amines) is 1. The van der Waals surface area contributed by atoms with Crippen molar-refractivity contribution in [2.24, 2.45) is 0 Å². The zero-order valence-corrected chi connectivity index (χ0v) is 14.2. The largest absolute Gasteiger partial charge is 0.353 e. The molecule has 23 heavy (non-hydrogen) atoms. The summed E-state index contributed by atoms with van der Waals surface area (Å²) in [4.78, 5) is 25.9. The van der Waals surface area contributed by atoms with Crippen LogP contribution in [0.3, 0.4) is 0 Å². The number of amides is 2. The molecule has 1 heterocycles. The van der Waals surface area contributed by atoms with Crippen molar-refractivity contribution < 1.29 is 9.59 Å². The molecule has 1 aliphatic heterocycles. The molecule has 0 radical (unpaired) electrons. The number of halogens is 1. The van der Waals surface area contributed by atoms with Gasteiger partial charge in [-0.1, -0.05) is 30.3 Å². The summed E-state index contributed by atoms with van der Waals surface area (Å²) >= 11 is 5.59. The van der Waals surface area contributed by atoms with Crippen LogP contribution in [0.4, 0.5) is 0 Å². The van der Waals surface area contributed by atoms with Gasteiger partial charge in [-0.25, -0.2) is 0 Å². The summed E-state index contributed by atoms with van der Waals surface area (Å²) in [6.07, 6.45) is 4.21. The molecule has 0 spiro atoms. The molecule has 0 unspecified atom stereocenters. The monoisotopic (exact) mass is 336 g/mol. The Morgan fingerprint density at radius 2 is 1.83 bits per heavy atom. The second-order valence-corrected chi connectivity index (χ2v) is 6.38. The average molecular weight is 337 g/mol. The van der Waals surface area contributed by atoms with Crippen molar-refractivity contribution in [3.8, 4) is 0 Å². The molecule has 4 nitrogen and oxygen atoms in total. The van der Waals surface area contributed by atoms with E-state index >= 15 is 0 Å². The Kier molecular flexibility index (Phi) is 7.40. The van der Waals surface area contributed by atoms with Crippen molar-refractivity contribution in [2.45, 2.75) is 44.6 Å². The number of hydrogen-bond donors (Lipinski definition) is 1. The Morgan fingerprint density at radius 3 is 2.48 bits per heavy atom. The fraction of sp³-hybridized carbons (Fsp3) is 0.556. The van der Waals surface area contributed by atoms with Crippen LogP contribution in [0.25, 0.3) is 0 Å². The molecular weight excluding hydrogens is 312 g/mol. The second-order valence-electron chi connectivity index (χ2n) is 6.00. The number of carbonyl (C=O) groups excluding carboxylic acids is 2. The smallest absolute Gasteiger partial charge is 0.222 e. The van der Waals surface area contributed by atoms with Crippen LogP contribution in [0.15, 0.2) is 30.3 Å². The molecule has 0 saturated carbocycles. The third-order valence-corrected chi connectivity index (χ3v) is 4.49. The summed E-state index contributed by atoms with van der Waals surface area (Å²) < 4.78 is 0. The Bertz CT molecular complexity index is 499. The molecule has 1 fully saturated rings. The first-order valence-corrected chi connectivity index (χ1v) is 8.89. The summed E-state index contributed by atoms with van der Waals surface area (Å²) in [5, 5.41) is 3.04. The van der Waals surface area contributed by atoms with Crippen LogP contribution >= 0.6 is 11.6 Å². The number of rotatable bonds is 7. The zero-order valence-electron chi connectivity index (χ0n) is 13.5. The van der Waals surface area contributed by atoms with Gasteiger partial charge in [-0.05, 0) is 31.2 Å². The van der Waals surface area contributed by atoms with Gasteiger partial charge in [0.25, 0.3) is 0 Å². The molecule has 2 amide bonds. The number of alkyl halides is 1. The SMILES string of the molecule is O=C(CCCCl)NC1CCN(C(=O)CCc2ccccc2)CC1. The van der Waals surface area contributed by atoms with E-state index in [1.54, 1.807) is 0 Å². The molecule has 1 aromatic rings. The maximum atomic E-state index is 12.3. The predicted molar refractivity (Wildman–Crippen MR) is 92.5 cm³/mol. The van der Waals surface area contributed by atoms with E-state index < -0.39 is 0 Å². The number of nitrogens with one attached hydrogen (secondary N) is 1. The molecule has 0 bridgehead atoms. The van der Waals surface area contributed by atoms with Crippen LogP contribution in [0.1, 0.15) is 37.7 Å². The van der Waals surface area contributed by atoms with Crippen molar-refractivity contribution in [3.63, 3.8) is 0 Å². The molecule has 0 atom stereocenters. The minimum atomic E-state index is 0.0690. The van der Waals surface area contributed by atoms with Gasteiger partial charge in [0.15, 0.2) is 0 Å². The normalized spacial score (nSPS) is 15.4. The summed E-state index contributed by atoms with van der Waals surface area (Å²) in [5.41, 5.74) is 1.20. The van der Waals surface area contributed by atoms with E-state index in [2.05, 4.69) is 17.4 Å². The van der Waals surface area contributed by atoms with Crippen molar-refractivity contribution in [2.75, 3.05) is 19.0 Å². The quantitative estimate of drug-likeness (QED) is 0.778. The zero-order chi connectivity index (χ0) is 16.5. The lowest BCUT2D eigenvalue weighted by atomic mass is 10.0. The van der Waals surface area contributed by atoms with Crippen LogP contribution in [-0.4, -0.2) is 41.7 Å². The number of benzene rings is 1. The maximum Gasteiger partial charge on any atom is 0.222 e. The number of aryl methyl sites for hydroxylation is 1. The lowest BCUT2D eigenvalue weighted by molar-refractivity contribution is -0.132. The fourth-order valence-corrected chi connectivity index (χ4v) is 2.99. The fourth-order valence-electron chi connectivity index (χ4n) is 2.85. The maximum absolute atomic E-state index is 12.3. The van der Waals surface area contributed by atoms with Gasteiger partial charge in [0.2, 0.25) is 11.8 Å². The lowest BCUT2D eigenvalue weighted by Crippen LogP contribution is -2.46. The van der Waals surface area contributed by atoms with Gasteiger partial charge < -0.3 is 10.2 Å². The van der Waals surface area contributed by atoms with Crippen molar-refractivity contribution in [1.29, 1.82) is 0 Å². The minimum absolute atomic E-state index is 0.0690. The van der Waals surface area contributed by atoms with E-state index in [1.165, 1.54) is 5.56 Å². The summed E-state index contributed by atoms with van der Waals surface area (Å²) in [6.45, 7) is 1.46. The molecule has 2 rings (SSSR count). The molecule has 1 aromatic carbocycles. The molecular formula is C18H25ClN2O2. The van der Waals surface area contributed by atoms with E-state index in [9.17, 15) is 9.59 Å². The molecule has 5 heteroatoms. The van der Waals surface area contributed by atoms with Crippen LogP contribution in [0.2, 0.25) is 0 Å². The van der Waals surface area contributed by atoms with E-state index in [1.807, 2.05) is 23.1 Å². The van der Waals surface area contributed by atoms with Crippen molar-refractivity contribution in [3.05, 3.63) is 35.9 Å². The van der Waals surface area contributed by atoms with Gasteiger partial charge in [-0.15, -0.1) is 11.6 Å². The van der Waals surface area contributed by atoms with E-state index in [0.29, 0.717) is 25.1 Å². The first-order valence-electron chi connectivity index (χ1n) is 8.36. The lowest BCUT2D eigenvalue weighted by Gasteiger charge is -2.32. The second kappa shape index (κ2) is 9.56. The average Bonchev–Trinajstić information content (AvgIpc) is 2.59. The van der Waals surface area contributed by atoms with Gasteiger partial charge in [0, 0.05) is 37.9 Å². The first-order chi connectivity index (χ1) is 11.2. The van der Waals surface area contributed by atoms with Gasteiger partial charge in [-0.3, -0.25) is 9.59 Å². The summed E-state index contributed by atoms with van der Waals surface area (Å²) in [7, 11) is 0. The van der Waals surface area contributed by atoms with E-state index in [0.717, 1.165) is 32.4 Å². The van der Waals surface area contributed by atoms with Crippen molar-refractivity contribution >= 4 is 23.4 Å². The first kappa shape index (κ1) is 17.8. The highest BCUT2D eigenvalue weighted by atomic mass is 35.5. The third kappa shape index (κ3) is 6.22. The predicted octanol–water partition coefficient (Wildman–Crippen LogP) is 2.75. The summed E-state index contributed by atoms with van der Waals surface area (Å²) in [6, 6.07) is 10.3. The van der Waals surface area contributed by atoms with E-state index in [4.69, 9.17) is 11.6 Å². The molecule has 0 aliphatic carbocycles. The van der Waals surface area contributed by atoms with Crippen LogP contribution in [0, 0.1) is 0 Å². The standard InChI is InChI=1S/C18H25ClN2O2/c19-12-4-7-17(22)20-16-10-13-21(14-11-16)18(23)9-8-15-5-2-1-3-6-15/h1-3,5-6,16H,4,7-14H2,(H,20,22). The Labute approximate surface area is 143 Å². The molecule has 126 valence electrons. The van der Waals surface area contributed by atoms with Crippen LogP contribution < -0.4 is 5.32 Å². The molecule has 1 saturated heterocycles. The third-order valence-electron chi connectivity index (χ3n) is 4.22. The molecule has 1 aliphatic rings. The van der Waals surface area contributed by atoms with Gasteiger partial charge in [-0.2, -0.15) is 0 Å². The Morgan fingerprint density at radius 1 is 1.13 bits per heavy atom. The summed E-state index contributed by atoms with van der Waals surface area (Å²) in [5.74, 6) is 0.794. The number of hydrogen-bond acceptors (Lipinski definition) is 2. The van der Waals surface area contributed by atoms with Gasteiger partial charge in [0.1, 0.15) is 0 Å². The van der Waals surface area contributed by atoms with Crippen molar-refractivity contribution in [1.82, 2.24) is 10.2 Å². The Hall–Kier alpha value is -1.55. The topological polar surface area (TPSA) is 49.4 Å². The number of carbonyl (C=O) groups is 2. The van der Waals surface area contributed by atoms with Gasteiger partial charge >= 0.3 is 0 Å². The number of nitrogens with zero attached hydrogens (tertiary/aromatic N) is 1. The van der Waals surface area contributed by atoms with Gasteiger partial charge in [0.05, 0.1) is 0 Å². The van der Waals surface area contributed by atoms with E-state index in [-0.39, 0.29) is 17.9 Å². The highest BCUT2D eigenvalue weighted by Gasteiger charge is 2.23. The highest BCUT2D eigenvalue weighted by Crippen LogP contribution is 2.13. The molecule has 0 aromatic heterocycles. The highest BCUT2D eigenvalue weighted by molar-refractivity contribution is 6.17. The van der Waals surface area contributed by atoms with Crippen LogP contribution in [-0.2, 0) is 16.0 Å². The van der Waals surface area contributed by atoms with Crippen LogP contribution in [0.5, 0.6) is 0 Å². The number of piperidine rings is 1.